The van der Waals surface area contributed by atoms with Gasteiger partial charge in [0.25, 0.3) is 0 Å². The number of nitro groups is 1. The van der Waals surface area contributed by atoms with Crippen LogP contribution in [0.2, 0.25) is 0 Å². The van der Waals surface area contributed by atoms with Gasteiger partial charge in [0.1, 0.15) is 48.8 Å². The smallest absolute Gasteiger partial charge is 0.311 e. The third-order valence-electron chi connectivity index (χ3n) is 5.27. The van der Waals surface area contributed by atoms with Crippen LogP contribution in [-0.4, -0.2) is 115 Å². The number of ether oxygens (including phenoxy) is 4. The highest BCUT2D eigenvalue weighted by Crippen LogP contribution is 2.33. The Morgan fingerprint density at radius 2 is 1.44 bits per heavy atom. The average molecular weight is 463 g/mol. The van der Waals surface area contributed by atoms with E-state index in [0.717, 1.165) is 6.07 Å². The highest BCUT2D eigenvalue weighted by atomic mass is 16.7. The zero-order chi connectivity index (χ0) is 23.6. The summed E-state index contributed by atoms with van der Waals surface area (Å²) in [6, 6.07) is 5.27. The van der Waals surface area contributed by atoms with Crippen LogP contribution in [0.3, 0.4) is 0 Å². The normalized spacial score (nSPS) is 40.1. The van der Waals surface area contributed by atoms with Crippen molar-refractivity contribution in [3.8, 4) is 5.75 Å². The molecule has 0 aromatic heterocycles. The van der Waals surface area contributed by atoms with Gasteiger partial charge in [-0.3, -0.25) is 10.1 Å². The molecule has 2 fully saturated rings. The van der Waals surface area contributed by atoms with Crippen LogP contribution in [0.1, 0.15) is 0 Å². The highest BCUT2D eigenvalue weighted by molar-refractivity contribution is 5.45. The van der Waals surface area contributed by atoms with Crippen molar-refractivity contribution >= 4 is 5.69 Å². The van der Waals surface area contributed by atoms with Gasteiger partial charge in [-0.05, 0) is 6.07 Å². The van der Waals surface area contributed by atoms with Crippen molar-refractivity contribution in [2.75, 3.05) is 13.2 Å². The maximum absolute atomic E-state index is 11.2. The number of aliphatic hydroxyl groups excluding tert-OH is 7. The Balaban J connectivity index is 1.75. The molecule has 0 saturated carbocycles. The summed E-state index contributed by atoms with van der Waals surface area (Å²) in [4.78, 5) is 10.4. The molecule has 1 aromatic rings. The van der Waals surface area contributed by atoms with Gasteiger partial charge >= 0.3 is 5.69 Å². The number of para-hydroxylation sites is 2. The van der Waals surface area contributed by atoms with Gasteiger partial charge in [0.05, 0.1) is 18.1 Å². The third-order valence-corrected chi connectivity index (χ3v) is 5.27. The molecule has 0 aliphatic carbocycles. The SMILES string of the molecule is O=[N+]([O-])c1ccccc1O[C@@H]1O[C@@H](CO)[C@@H](O[C@@H]2O[C@H](CO)[C@@H](O)[C@@H](O)[C@H]2O)[C@@H](O)[C@H]1O. The third kappa shape index (κ3) is 4.84. The van der Waals surface area contributed by atoms with E-state index in [9.17, 15) is 45.9 Å². The maximum atomic E-state index is 11.2. The molecule has 3 rings (SSSR count). The Kier molecular flexibility index (Phi) is 7.94. The van der Waals surface area contributed by atoms with Gasteiger partial charge in [0.15, 0.2) is 12.0 Å². The zero-order valence-electron chi connectivity index (χ0n) is 16.5. The fourth-order valence-corrected chi connectivity index (χ4v) is 3.49. The molecular weight excluding hydrogens is 438 g/mol. The Morgan fingerprint density at radius 1 is 0.844 bits per heavy atom. The van der Waals surface area contributed by atoms with Crippen molar-refractivity contribution in [3.63, 3.8) is 0 Å². The summed E-state index contributed by atoms with van der Waals surface area (Å²) in [6.07, 6.45) is -16.2. The van der Waals surface area contributed by atoms with Crippen molar-refractivity contribution in [3.05, 3.63) is 34.4 Å². The van der Waals surface area contributed by atoms with Crippen LogP contribution in [0, 0.1) is 10.1 Å². The number of aliphatic hydroxyl groups is 7. The van der Waals surface area contributed by atoms with Crippen LogP contribution in [0.4, 0.5) is 5.69 Å². The minimum Gasteiger partial charge on any atom is -0.455 e. The van der Waals surface area contributed by atoms with Gasteiger partial charge in [-0.25, -0.2) is 0 Å². The Bertz CT molecular complexity index is 777. The molecule has 0 amide bonds. The number of rotatable bonds is 7. The van der Waals surface area contributed by atoms with E-state index in [2.05, 4.69) is 0 Å². The predicted molar refractivity (Wildman–Crippen MR) is 100 cm³/mol. The van der Waals surface area contributed by atoms with Crippen LogP contribution >= 0.6 is 0 Å². The minimum absolute atomic E-state index is 0.251. The zero-order valence-corrected chi connectivity index (χ0v) is 16.5. The van der Waals surface area contributed by atoms with E-state index in [-0.39, 0.29) is 5.75 Å². The quantitative estimate of drug-likeness (QED) is 0.155. The van der Waals surface area contributed by atoms with Gasteiger partial charge in [-0.15, -0.1) is 0 Å². The lowest BCUT2D eigenvalue weighted by atomic mass is 9.97. The van der Waals surface area contributed by atoms with Crippen molar-refractivity contribution in [1.82, 2.24) is 0 Å². The molecule has 0 bridgehead atoms. The van der Waals surface area contributed by atoms with Crippen molar-refractivity contribution in [1.29, 1.82) is 0 Å². The van der Waals surface area contributed by atoms with Crippen LogP contribution in [0.25, 0.3) is 0 Å². The standard InChI is InChI=1S/C18H25NO13/c20-5-9-11(22)12(23)14(25)18(30-9)32-16-10(6-21)31-17(15(26)13(16)24)29-8-4-2-1-3-7(8)19(27)28/h1-4,9-18,20-26H,5-6H2/t9-,10+,11-,12-,13+,14-,15-,16-,17-,18+/m1/s1. The van der Waals surface area contributed by atoms with Gasteiger partial charge in [-0.1, -0.05) is 12.1 Å². The first kappa shape index (κ1) is 24.7. The lowest BCUT2D eigenvalue weighted by Gasteiger charge is -2.45. The lowest BCUT2D eigenvalue weighted by Crippen LogP contribution is -2.65. The minimum atomic E-state index is -1.81. The van der Waals surface area contributed by atoms with Gasteiger partial charge in [-0.2, -0.15) is 0 Å². The second kappa shape index (κ2) is 10.3. The molecule has 2 saturated heterocycles. The van der Waals surface area contributed by atoms with E-state index in [1.165, 1.54) is 18.2 Å². The van der Waals surface area contributed by atoms with Gasteiger partial charge in [0, 0.05) is 6.07 Å². The van der Waals surface area contributed by atoms with E-state index < -0.39 is 85.2 Å². The van der Waals surface area contributed by atoms with Crippen LogP contribution < -0.4 is 4.74 Å². The van der Waals surface area contributed by atoms with Crippen molar-refractivity contribution < 1.29 is 59.6 Å². The molecule has 2 aliphatic rings. The summed E-state index contributed by atoms with van der Waals surface area (Å²) in [5, 5.41) is 80.9. The molecule has 32 heavy (non-hydrogen) atoms. The molecule has 14 nitrogen and oxygen atoms in total. The summed E-state index contributed by atoms with van der Waals surface area (Å²) in [5.41, 5.74) is -0.418. The number of nitro benzene ring substituents is 1. The molecule has 7 N–H and O–H groups in total. The monoisotopic (exact) mass is 463 g/mol. The van der Waals surface area contributed by atoms with E-state index in [4.69, 9.17) is 18.9 Å². The number of nitrogens with zero attached hydrogens (tertiary/aromatic N) is 1. The summed E-state index contributed by atoms with van der Waals surface area (Å²) in [7, 11) is 0. The first-order valence-electron chi connectivity index (χ1n) is 9.68. The van der Waals surface area contributed by atoms with E-state index >= 15 is 0 Å². The topological polar surface area (TPSA) is 222 Å². The second-order valence-corrected chi connectivity index (χ2v) is 7.35. The molecule has 0 radical (unpaired) electrons. The number of hydrogen-bond donors (Lipinski definition) is 7. The molecule has 180 valence electrons. The largest absolute Gasteiger partial charge is 0.455 e. The number of hydrogen-bond acceptors (Lipinski definition) is 13. The summed E-state index contributed by atoms with van der Waals surface area (Å²) < 4.78 is 21.4. The maximum Gasteiger partial charge on any atom is 0.311 e. The van der Waals surface area contributed by atoms with Crippen LogP contribution in [-0.2, 0) is 14.2 Å². The highest BCUT2D eigenvalue weighted by Gasteiger charge is 2.51. The molecule has 0 spiro atoms. The average Bonchev–Trinajstić information content (AvgIpc) is 2.78. The lowest BCUT2D eigenvalue weighted by molar-refractivity contribution is -0.387. The van der Waals surface area contributed by atoms with Crippen molar-refractivity contribution in [2.24, 2.45) is 0 Å². The van der Waals surface area contributed by atoms with E-state index in [0.29, 0.717) is 0 Å². The van der Waals surface area contributed by atoms with Gasteiger partial charge in [0.2, 0.25) is 6.29 Å². The first-order valence-corrected chi connectivity index (χ1v) is 9.68. The first-order chi connectivity index (χ1) is 15.2. The van der Waals surface area contributed by atoms with Crippen molar-refractivity contribution in [2.45, 2.75) is 61.4 Å². The molecule has 2 aliphatic heterocycles. The fraction of sp³-hybridized carbons (Fsp3) is 0.667. The molecule has 1 aromatic carbocycles. The summed E-state index contributed by atoms with van der Waals surface area (Å²) in [6.45, 7) is -1.48. The van der Waals surface area contributed by atoms with Gasteiger partial charge < -0.3 is 54.7 Å². The number of benzene rings is 1. The molecule has 0 unspecified atom stereocenters. The Morgan fingerprint density at radius 3 is 2.06 bits per heavy atom. The Hall–Kier alpha value is -1.98. The molecule has 10 atom stereocenters. The van der Waals surface area contributed by atoms with Crippen LogP contribution in [0.5, 0.6) is 5.75 Å². The fourth-order valence-electron chi connectivity index (χ4n) is 3.49. The Labute approximate surface area is 180 Å². The van der Waals surface area contributed by atoms with Crippen LogP contribution in [0.15, 0.2) is 24.3 Å². The molecular formula is C18H25NO13. The molecule has 2 heterocycles. The summed E-state index contributed by atoms with van der Waals surface area (Å²) in [5.74, 6) is -0.251. The van der Waals surface area contributed by atoms with E-state index in [1.807, 2.05) is 0 Å². The predicted octanol–water partition coefficient (Wildman–Crippen LogP) is -3.40. The molecule has 14 heteroatoms. The van der Waals surface area contributed by atoms with E-state index in [1.54, 1.807) is 0 Å². The second-order valence-electron chi connectivity index (χ2n) is 7.35. The summed E-state index contributed by atoms with van der Waals surface area (Å²) >= 11 is 0.